The lowest BCUT2D eigenvalue weighted by molar-refractivity contribution is -0.151. The molecule has 3 nitrogen and oxygen atoms in total. The molecule has 0 spiro atoms. The lowest BCUT2D eigenvalue weighted by atomic mass is 9.85. The summed E-state index contributed by atoms with van der Waals surface area (Å²) in [4.78, 5) is 11.7. The molecule has 1 aromatic carbocycles. The third-order valence-corrected chi connectivity index (χ3v) is 2.65. The number of carbonyl (C=O) groups excluding carboxylic acids is 1. The van der Waals surface area contributed by atoms with Gasteiger partial charge in [-0.05, 0) is 31.5 Å². The molecular formula is C13H14ClNO2. The fourth-order valence-corrected chi connectivity index (χ4v) is 1.72. The smallest absolute Gasteiger partial charge is 0.326 e. The summed E-state index contributed by atoms with van der Waals surface area (Å²) in [5, 5.41) is 9.72. The standard InChI is InChI=1S/C13H14ClNO2/c1-3-17-12(16)13(2,9-15)8-10-5-4-6-11(14)7-10/h4-7H,3,8H2,1-2H3. The highest BCUT2D eigenvalue weighted by atomic mass is 35.5. The van der Waals surface area contributed by atoms with Crippen molar-refractivity contribution in [2.75, 3.05) is 6.61 Å². The van der Waals surface area contributed by atoms with Crippen LogP contribution in [0.5, 0.6) is 0 Å². The summed E-state index contributed by atoms with van der Waals surface area (Å²) in [6.07, 6.45) is 0.295. The van der Waals surface area contributed by atoms with Gasteiger partial charge >= 0.3 is 5.97 Å². The molecule has 0 radical (unpaired) electrons. The predicted octanol–water partition coefficient (Wildman–Crippen LogP) is 2.98. The number of nitriles is 1. The van der Waals surface area contributed by atoms with E-state index in [1.165, 1.54) is 0 Å². The van der Waals surface area contributed by atoms with Crippen LogP contribution in [0.2, 0.25) is 5.02 Å². The van der Waals surface area contributed by atoms with Gasteiger partial charge < -0.3 is 4.74 Å². The van der Waals surface area contributed by atoms with E-state index in [1.54, 1.807) is 32.0 Å². The second-order valence-corrected chi connectivity index (χ2v) is 4.41. The molecule has 0 bridgehead atoms. The average Bonchev–Trinajstić information content (AvgIpc) is 2.29. The minimum atomic E-state index is -1.17. The second-order valence-electron chi connectivity index (χ2n) is 3.97. The van der Waals surface area contributed by atoms with E-state index in [9.17, 15) is 4.79 Å². The number of hydrogen-bond acceptors (Lipinski definition) is 3. The number of esters is 1. The van der Waals surface area contributed by atoms with Crippen molar-refractivity contribution in [2.45, 2.75) is 20.3 Å². The van der Waals surface area contributed by atoms with Crippen LogP contribution in [0.1, 0.15) is 19.4 Å². The summed E-state index contributed by atoms with van der Waals surface area (Å²) in [6.45, 7) is 3.56. The van der Waals surface area contributed by atoms with E-state index in [2.05, 4.69) is 0 Å². The van der Waals surface area contributed by atoms with E-state index < -0.39 is 11.4 Å². The third kappa shape index (κ3) is 3.47. The van der Waals surface area contributed by atoms with Crippen LogP contribution in [0.25, 0.3) is 0 Å². The Hall–Kier alpha value is -1.53. The van der Waals surface area contributed by atoms with Gasteiger partial charge in [-0.15, -0.1) is 0 Å². The lowest BCUT2D eigenvalue weighted by Crippen LogP contribution is -2.30. The maximum Gasteiger partial charge on any atom is 0.326 e. The topological polar surface area (TPSA) is 50.1 Å². The molecule has 0 aliphatic heterocycles. The first-order chi connectivity index (χ1) is 8.01. The molecule has 0 saturated heterocycles. The molecule has 0 N–H and O–H groups in total. The lowest BCUT2D eigenvalue weighted by Gasteiger charge is -2.19. The van der Waals surface area contributed by atoms with E-state index >= 15 is 0 Å². The van der Waals surface area contributed by atoms with Crippen LogP contribution in [0.3, 0.4) is 0 Å². The Balaban J connectivity index is 2.90. The van der Waals surface area contributed by atoms with Gasteiger partial charge in [0, 0.05) is 11.4 Å². The van der Waals surface area contributed by atoms with Crippen LogP contribution >= 0.6 is 11.6 Å². The zero-order valence-electron chi connectivity index (χ0n) is 9.87. The number of benzene rings is 1. The SMILES string of the molecule is CCOC(=O)C(C)(C#N)Cc1cccc(Cl)c1. The molecule has 17 heavy (non-hydrogen) atoms. The Morgan fingerprint density at radius 2 is 2.29 bits per heavy atom. The zero-order chi connectivity index (χ0) is 12.9. The molecular weight excluding hydrogens is 238 g/mol. The number of ether oxygens (including phenoxy) is 1. The molecule has 0 amide bonds. The van der Waals surface area contributed by atoms with Crippen LogP contribution in [0, 0.1) is 16.7 Å². The van der Waals surface area contributed by atoms with Crippen molar-refractivity contribution in [3.63, 3.8) is 0 Å². The number of nitrogens with zero attached hydrogens (tertiary/aromatic N) is 1. The molecule has 1 atom stereocenters. The van der Waals surface area contributed by atoms with Gasteiger partial charge in [0.15, 0.2) is 5.41 Å². The molecule has 1 aromatic rings. The van der Waals surface area contributed by atoms with Crippen molar-refractivity contribution in [1.82, 2.24) is 0 Å². The van der Waals surface area contributed by atoms with Crippen LogP contribution in [0.15, 0.2) is 24.3 Å². The summed E-state index contributed by atoms with van der Waals surface area (Å²) >= 11 is 5.86. The van der Waals surface area contributed by atoms with Gasteiger partial charge in [-0.25, -0.2) is 0 Å². The zero-order valence-corrected chi connectivity index (χ0v) is 10.6. The quantitative estimate of drug-likeness (QED) is 0.773. The minimum Gasteiger partial charge on any atom is -0.465 e. The van der Waals surface area contributed by atoms with Gasteiger partial charge in [-0.3, -0.25) is 4.79 Å². The van der Waals surface area contributed by atoms with Crippen molar-refractivity contribution in [3.8, 4) is 6.07 Å². The molecule has 1 rings (SSSR count). The molecule has 0 aromatic heterocycles. The molecule has 0 heterocycles. The van der Waals surface area contributed by atoms with Crippen LogP contribution in [-0.4, -0.2) is 12.6 Å². The van der Waals surface area contributed by atoms with Gasteiger partial charge in [-0.1, -0.05) is 23.7 Å². The first kappa shape index (κ1) is 13.5. The molecule has 1 unspecified atom stereocenters. The van der Waals surface area contributed by atoms with Crippen molar-refractivity contribution < 1.29 is 9.53 Å². The molecule has 0 saturated carbocycles. The molecule has 4 heteroatoms. The Morgan fingerprint density at radius 3 is 2.82 bits per heavy atom. The Morgan fingerprint density at radius 1 is 1.59 bits per heavy atom. The molecule has 0 aliphatic carbocycles. The van der Waals surface area contributed by atoms with Crippen molar-refractivity contribution in [3.05, 3.63) is 34.9 Å². The van der Waals surface area contributed by atoms with E-state index in [4.69, 9.17) is 21.6 Å². The first-order valence-corrected chi connectivity index (χ1v) is 5.72. The number of carbonyl (C=O) groups is 1. The fourth-order valence-electron chi connectivity index (χ4n) is 1.50. The summed E-state index contributed by atoms with van der Waals surface area (Å²) < 4.78 is 4.91. The number of hydrogen-bond donors (Lipinski definition) is 0. The third-order valence-electron chi connectivity index (χ3n) is 2.42. The van der Waals surface area contributed by atoms with Gasteiger partial charge in [-0.2, -0.15) is 5.26 Å². The molecule has 90 valence electrons. The molecule has 0 fully saturated rings. The highest BCUT2D eigenvalue weighted by Gasteiger charge is 2.35. The average molecular weight is 252 g/mol. The van der Waals surface area contributed by atoms with E-state index in [0.717, 1.165) is 5.56 Å². The van der Waals surface area contributed by atoms with Crippen molar-refractivity contribution in [2.24, 2.45) is 5.41 Å². The normalized spacial score (nSPS) is 13.5. The maximum atomic E-state index is 11.7. The summed E-state index contributed by atoms with van der Waals surface area (Å²) in [5.74, 6) is -0.498. The highest BCUT2D eigenvalue weighted by molar-refractivity contribution is 6.30. The highest BCUT2D eigenvalue weighted by Crippen LogP contribution is 2.25. The van der Waals surface area contributed by atoms with Crippen molar-refractivity contribution >= 4 is 17.6 Å². The van der Waals surface area contributed by atoms with E-state index in [-0.39, 0.29) is 6.61 Å². The first-order valence-electron chi connectivity index (χ1n) is 5.35. The Bertz CT molecular complexity index is 453. The van der Waals surface area contributed by atoms with Gasteiger partial charge in [0.2, 0.25) is 0 Å². The largest absolute Gasteiger partial charge is 0.465 e. The van der Waals surface area contributed by atoms with Gasteiger partial charge in [0.1, 0.15) is 0 Å². The summed E-state index contributed by atoms with van der Waals surface area (Å²) in [6, 6.07) is 9.14. The summed E-state index contributed by atoms with van der Waals surface area (Å²) in [5.41, 5.74) is -0.324. The van der Waals surface area contributed by atoms with Crippen LogP contribution in [0.4, 0.5) is 0 Å². The molecule has 0 aliphatic rings. The van der Waals surface area contributed by atoms with Crippen LogP contribution in [-0.2, 0) is 16.0 Å². The van der Waals surface area contributed by atoms with Crippen molar-refractivity contribution in [1.29, 1.82) is 5.26 Å². The maximum absolute atomic E-state index is 11.7. The predicted molar refractivity (Wildman–Crippen MR) is 65.5 cm³/mol. The minimum absolute atomic E-state index is 0.269. The monoisotopic (exact) mass is 251 g/mol. The number of rotatable bonds is 4. The fraction of sp³-hybridized carbons (Fsp3) is 0.385. The van der Waals surface area contributed by atoms with Gasteiger partial charge in [0.25, 0.3) is 0 Å². The number of halogens is 1. The Labute approximate surface area is 106 Å². The van der Waals surface area contributed by atoms with Gasteiger partial charge in [0.05, 0.1) is 12.7 Å². The van der Waals surface area contributed by atoms with Crippen LogP contribution < -0.4 is 0 Å². The summed E-state index contributed by atoms with van der Waals surface area (Å²) in [7, 11) is 0. The Kier molecular flexibility index (Phi) is 4.53. The van der Waals surface area contributed by atoms with E-state index in [0.29, 0.717) is 11.4 Å². The second kappa shape index (κ2) is 5.70. The van der Waals surface area contributed by atoms with E-state index in [1.807, 2.05) is 12.1 Å².